The number of ether oxygens (including phenoxy) is 1. The first-order valence-corrected chi connectivity index (χ1v) is 7.79. The zero-order valence-electron chi connectivity index (χ0n) is 12.5. The molecule has 0 aliphatic carbocycles. The third kappa shape index (κ3) is 5.19. The van der Waals surface area contributed by atoms with Crippen LogP contribution in [0.15, 0.2) is 42.7 Å². The fourth-order valence-electron chi connectivity index (χ4n) is 1.83. The van der Waals surface area contributed by atoms with Gasteiger partial charge in [0.25, 0.3) is 0 Å². The van der Waals surface area contributed by atoms with Gasteiger partial charge in [-0.3, -0.25) is 4.98 Å². The van der Waals surface area contributed by atoms with Gasteiger partial charge < -0.3 is 15.4 Å². The minimum Gasteiger partial charge on any atom is -0.462 e. The molecule has 0 saturated carbocycles. The minimum atomic E-state index is -0.443. The number of aromatic nitrogens is 1. The molecule has 0 amide bonds. The number of esters is 1. The number of carbonyl (C=O) groups excluding carboxylic acids is 1. The van der Waals surface area contributed by atoms with Gasteiger partial charge in [-0.05, 0) is 49.0 Å². The Kier molecular flexibility index (Phi) is 6.31. The normalized spacial score (nSPS) is 10.0. The maximum absolute atomic E-state index is 11.7. The Morgan fingerprint density at radius 1 is 1.39 bits per heavy atom. The Hall–Kier alpha value is -2.18. The Balaban J connectivity index is 1.93. The van der Waals surface area contributed by atoms with E-state index in [4.69, 9.17) is 28.6 Å². The van der Waals surface area contributed by atoms with Gasteiger partial charge >= 0.3 is 5.97 Å². The van der Waals surface area contributed by atoms with Crippen molar-refractivity contribution in [1.29, 1.82) is 0 Å². The van der Waals surface area contributed by atoms with Crippen LogP contribution in [0.2, 0.25) is 5.02 Å². The van der Waals surface area contributed by atoms with Crippen molar-refractivity contribution in [2.75, 3.05) is 11.9 Å². The molecule has 7 heteroatoms. The number of hydrogen-bond acceptors (Lipinski definition) is 4. The molecule has 0 saturated heterocycles. The predicted octanol–water partition coefficient (Wildman–Crippen LogP) is 3.40. The van der Waals surface area contributed by atoms with Crippen molar-refractivity contribution >= 4 is 40.6 Å². The third-order valence-electron chi connectivity index (χ3n) is 2.90. The van der Waals surface area contributed by atoms with Crippen LogP contribution in [0.3, 0.4) is 0 Å². The molecule has 120 valence electrons. The van der Waals surface area contributed by atoms with Crippen LogP contribution in [-0.2, 0) is 11.3 Å². The first-order valence-electron chi connectivity index (χ1n) is 7.00. The molecule has 1 aromatic carbocycles. The first-order chi connectivity index (χ1) is 11.1. The molecule has 0 aliphatic heterocycles. The molecule has 0 radical (unpaired) electrons. The van der Waals surface area contributed by atoms with Crippen molar-refractivity contribution in [3.8, 4) is 0 Å². The van der Waals surface area contributed by atoms with Gasteiger partial charge in [-0.15, -0.1) is 0 Å². The maximum atomic E-state index is 11.7. The highest BCUT2D eigenvalue weighted by Gasteiger charge is 2.12. The Bertz CT molecular complexity index is 695. The van der Waals surface area contributed by atoms with Crippen molar-refractivity contribution in [2.24, 2.45) is 0 Å². The van der Waals surface area contributed by atoms with Crippen LogP contribution in [0.25, 0.3) is 0 Å². The second-order valence-electron chi connectivity index (χ2n) is 4.58. The van der Waals surface area contributed by atoms with E-state index in [-0.39, 0.29) is 0 Å². The van der Waals surface area contributed by atoms with Gasteiger partial charge in [-0.25, -0.2) is 4.79 Å². The molecule has 2 aromatic rings. The quantitative estimate of drug-likeness (QED) is 0.637. The lowest BCUT2D eigenvalue weighted by Crippen LogP contribution is -2.27. The van der Waals surface area contributed by atoms with Gasteiger partial charge in [0.1, 0.15) is 0 Å². The molecule has 0 bridgehead atoms. The van der Waals surface area contributed by atoms with E-state index in [0.29, 0.717) is 34.5 Å². The summed E-state index contributed by atoms with van der Waals surface area (Å²) in [5, 5.41) is 6.85. The minimum absolute atomic E-state index is 0.303. The first kappa shape index (κ1) is 17.2. The molecule has 0 aliphatic rings. The van der Waals surface area contributed by atoms with Crippen LogP contribution >= 0.6 is 23.8 Å². The number of carbonyl (C=O) groups is 1. The number of benzene rings is 1. The molecular weight excluding hydrogens is 334 g/mol. The summed E-state index contributed by atoms with van der Waals surface area (Å²) in [6, 6.07) is 8.77. The Morgan fingerprint density at radius 3 is 2.87 bits per heavy atom. The van der Waals surface area contributed by atoms with Gasteiger partial charge in [0.15, 0.2) is 5.11 Å². The summed E-state index contributed by atoms with van der Waals surface area (Å²) in [7, 11) is 0. The summed E-state index contributed by atoms with van der Waals surface area (Å²) in [5.74, 6) is -0.443. The fourth-order valence-corrected chi connectivity index (χ4v) is 2.28. The molecule has 0 fully saturated rings. The summed E-state index contributed by atoms with van der Waals surface area (Å²) < 4.78 is 4.93. The van der Waals surface area contributed by atoms with E-state index in [0.717, 1.165) is 5.56 Å². The number of pyridine rings is 1. The highest BCUT2D eigenvalue weighted by atomic mass is 35.5. The van der Waals surface area contributed by atoms with Gasteiger partial charge in [0, 0.05) is 24.6 Å². The third-order valence-corrected chi connectivity index (χ3v) is 3.46. The molecule has 0 spiro atoms. The zero-order chi connectivity index (χ0) is 16.7. The zero-order valence-corrected chi connectivity index (χ0v) is 14.1. The van der Waals surface area contributed by atoms with Crippen molar-refractivity contribution in [2.45, 2.75) is 13.5 Å². The van der Waals surface area contributed by atoms with E-state index in [1.54, 1.807) is 37.5 Å². The molecular formula is C16H16ClN3O2S. The smallest absolute Gasteiger partial charge is 0.339 e. The van der Waals surface area contributed by atoms with Gasteiger partial charge in [-0.2, -0.15) is 0 Å². The number of hydrogen-bond donors (Lipinski definition) is 2. The second-order valence-corrected chi connectivity index (χ2v) is 5.40. The average Bonchev–Trinajstić information content (AvgIpc) is 2.54. The molecule has 23 heavy (non-hydrogen) atoms. The summed E-state index contributed by atoms with van der Waals surface area (Å²) in [6.07, 6.45) is 3.48. The fraction of sp³-hybridized carbons (Fsp3) is 0.188. The van der Waals surface area contributed by atoms with Crippen LogP contribution < -0.4 is 10.6 Å². The van der Waals surface area contributed by atoms with Crippen LogP contribution in [0.5, 0.6) is 0 Å². The summed E-state index contributed by atoms with van der Waals surface area (Å²) in [4.78, 5) is 15.7. The van der Waals surface area contributed by atoms with Gasteiger partial charge in [0.05, 0.1) is 17.2 Å². The molecule has 5 nitrogen and oxygen atoms in total. The molecule has 2 N–H and O–H groups in total. The Morgan fingerprint density at radius 2 is 2.22 bits per heavy atom. The number of nitrogens with one attached hydrogen (secondary N) is 2. The van der Waals surface area contributed by atoms with E-state index in [9.17, 15) is 4.79 Å². The van der Waals surface area contributed by atoms with E-state index in [1.807, 2.05) is 12.1 Å². The van der Waals surface area contributed by atoms with Crippen molar-refractivity contribution < 1.29 is 9.53 Å². The van der Waals surface area contributed by atoms with Crippen molar-refractivity contribution in [3.63, 3.8) is 0 Å². The maximum Gasteiger partial charge on any atom is 0.339 e. The molecule has 2 rings (SSSR count). The number of halogens is 1. The number of anilines is 1. The van der Waals surface area contributed by atoms with Gasteiger partial charge in [-0.1, -0.05) is 17.7 Å². The largest absolute Gasteiger partial charge is 0.462 e. The lowest BCUT2D eigenvalue weighted by Gasteiger charge is -2.12. The second kappa shape index (κ2) is 8.45. The topological polar surface area (TPSA) is 63.2 Å². The summed E-state index contributed by atoms with van der Waals surface area (Å²) >= 11 is 11.3. The van der Waals surface area contributed by atoms with Crippen LogP contribution in [0.1, 0.15) is 22.8 Å². The van der Waals surface area contributed by atoms with Crippen LogP contribution in [0, 0.1) is 0 Å². The average molecular weight is 350 g/mol. The van der Waals surface area contributed by atoms with Crippen LogP contribution in [-0.4, -0.2) is 22.7 Å². The van der Waals surface area contributed by atoms with E-state index < -0.39 is 5.97 Å². The molecule has 0 atom stereocenters. The molecule has 0 unspecified atom stereocenters. The van der Waals surface area contributed by atoms with E-state index in [1.165, 1.54) is 0 Å². The standard InChI is InChI=1S/C16H16ClN3O2S/c1-2-22-15(21)13-6-5-12(8-14(13)17)20-16(23)19-10-11-4-3-7-18-9-11/h3-9H,2,10H2,1H3,(H2,19,20,23). The van der Waals surface area contributed by atoms with E-state index in [2.05, 4.69) is 15.6 Å². The summed E-state index contributed by atoms with van der Waals surface area (Å²) in [5.41, 5.74) is 2.03. The summed E-state index contributed by atoms with van der Waals surface area (Å²) in [6.45, 7) is 2.61. The SMILES string of the molecule is CCOC(=O)c1ccc(NC(=S)NCc2cccnc2)cc1Cl. The Labute approximate surface area is 145 Å². The number of rotatable bonds is 5. The van der Waals surface area contributed by atoms with E-state index >= 15 is 0 Å². The highest BCUT2D eigenvalue weighted by molar-refractivity contribution is 7.80. The monoisotopic (exact) mass is 349 g/mol. The molecule has 1 heterocycles. The lowest BCUT2D eigenvalue weighted by molar-refractivity contribution is 0.0526. The van der Waals surface area contributed by atoms with Crippen molar-refractivity contribution in [1.82, 2.24) is 10.3 Å². The predicted molar refractivity (Wildman–Crippen MR) is 94.7 cm³/mol. The number of nitrogens with zero attached hydrogens (tertiary/aromatic N) is 1. The molecule has 1 aromatic heterocycles. The lowest BCUT2D eigenvalue weighted by atomic mass is 10.2. The van der Waals surface area contributed by atoms with Gasteiger partial charge in [0.2, 0.25) is 0 Å². The van der Waals surface area contributed by atoms with Crippen molar-refractivity contribution in [3.05, 3.63) is 58.9 Å². The van der Waals surface area contributed by atoms with Crippen LogP contribution in [0.4, 0.5) is 5.69 Å². The highest BCUT2D eigenvalue weighted by Crippen LogP contribution is 2.21. The number of thiocarbonyl (C=S) groups is 1.